The van der Waals surface area contributed by atoms with Crippen molar-refractivity contribution in [1.82, 2.24) is 19.4 Å². The van der Waals surface area contributed by atoms with Gasteiger partial charge in [-0.25, -0.2) is 14.8 Å². The van der Waals surface area contributed by atoms with E-state index in [0.29, 0.717) is 41.8 Å². The fourth-order valence-corrected chi connectivity index (χ4v) is 6.25. The zero-order chi connectivity index (χ0) is 29.4. The maximum Gasteiger partial charge on any atom is 0.407 e. The topological polar surface area (TPSA) is 127 Å². The number of benzene rings is 2. The number of halogens is 1. The van der Waals surface area contributed by atoms with Crippen molar-refractivity contribution in [1.29, 1.82) is 0 Å². The molecule has 0 aliphatic carbocycles. The second-order valence-corrected chi connectivity index (χ2v) is 11.3. The van der Waals surface area contributed by atoms with Crippen LogP contribution in [0.1, 0.15) is 28.3 Å². The van der Waals surface area contributed by atoms with Crippen LogP contribution in [-0.4, -0.2) is 62.7 Å². The van der Waals surface area contributed by atoms with Crippen molar-refractivity contribution in [2.45, 2.75) is 13.0 Å². The van der Waals surface area contributed by atoms with Crippen LogP contribution in [0.2, 0.25) is 5.02 Å². The molecule has 2 aromatic carbocycles. The highest BCUT2D eigenvalue weighted by Crippen LogP contribution is 2.37. The molecule has 3 N–H and O–H groups in total. The molecule has 2 amide bonds. The second-order valence-electron chi connectivity index (χ2n) is 9.90. The summed E-state index contributed by atoms with van der Waals surface area (Å²) in [5, 5.41) is 10.5. The summed E-state index contributed by atoms with van der Waals surface area (Å²) in [6.07, 6.45) is 2.25. The number of rotatable bonds is 7. The zero-order valence-electron chi connectivity index (χ0n) is 22.6. The molecule has 0 bridgehead atoms. The van der Waals surface area contributed by atoms with Crippen LogP contribution in [0.5, 0.6) is 5.75 Å². The van der Waals surface area contributed by atoms with Gasteiger partial charge < -0.3 is 25.4 Å². The van der Waals surface area contributed by atoms with E-state index in [1.165, 1.54) is 16.2 Å². The molecule has 4 heterocycles. The molecule has 12 heteroatoms. The summed E-state index contributed by atoms with van der Waals surface area (Å²) in [4.78, 5) is 36.5. The highest BCUT2D eigenvalue weighted by atomic mass is 35.5. The van der Waals surface area contributed by atoms with Gasteiger partial charge in [0.25, 0.3) is 5.91 Å². The summed E-state index contributed by atoms with van der Waals surface area (Å²) in [5.74, 6) is 0.641. The van der Waals surface area contributed by atoms with E-state index < -0.39 is 18.1 Å². The molecule has 42 heavy (non-hydrogen) atoms. The Hall–Kier alpha value is -4.61. The standard InChI is InChI=1S/C30H27ClN6O4S/c1-18(21-4-2-3-5-22(21)31)41-25-15-27(42-28(25)29(32)38)37-17-34-23-14-19(6-8-24(23)37)20-7-9-26(33-16-20)35-10-12-36(13-11-35)30(39)40/h2-9,14-18H,10-13H2,1H3,(H2,32,38)(H,39,40)/t18-/m1/s1. The number of anilines is 1. The summed E-state index contributed by atoms with van der Waals surface area (Å²) in [5.41, 5.74) is 10.1. The number of ether oxygens (including phenoxy) is 1. The van der Waals surface area contributed by atoms with E-state index in [4.69, 9.17) is 22.1 Å². The van der Waals surface area contributed by atoms with Crippen molar-refractivity contribution in [3.63, 3.8) is 0 Å². The Morgan fingerprint density at radius 2 is 1.79 bits per heavy atom. The fourth-order valence-electron chi connectivity index (χ4n) is 5.04. The number of piperazine rings is 1. The Morgan fingerprint density at radius 3 is 2.48 bits per heavy atom. The molecular formula is C30H27ClN6O4S. The Morgan fingerprint density at radius 1 is 1.02 bits per heavy atom. The third kappa shape index (κ3) is 5.36. The fraction of sp³-hybridized carbons (Fsp3) is 0.200. The monoisotopic (exact) mass is 602 g/mol. The summed E-state index contributed by atoms with van der Waals surface area (Å²) in [6, 6.07) is 19.2. The van der Waals surface area contributed by atoms with Gasteiger partial charge >= 0.3 is 6.09 Å². The quantitative estimate of drug-likeness (QED) is 0.239. The number of nitrogens with zero attached hydrogens (tertiary/aromatic N) is 5. The summed E-state index contributed by atoms with van der Waals surface area (Å²) >= 11 is 7.59. The number of carbonyl (C=O) groups excluding carboxylic acids is 1. The number of fused-ring (bicyclic) bond motifs is 1. The molecule has 1 atom stereocenters. The van der Waals surface area contributed by atoms with E-state index in [0.717, 1.165) is 38.5 Å². The average molecular weight is 603 g/mol. The minimum atomic E-state index is -0.889. The molecule has 1 fully saturated rings. The Bertz CT molecular complexity index is 1780. The van der Waals surface area contributed by atoms with E-state index in [-0.39, 0.29) is 0 Å². The number of nitrogens with two attached hydrogens (primary N) is 1. The number of carboxylic acid groups (broad SMARTS) is 1. The van der Waals surface area contributed by atoms with E-state index in [2.05, 4.69) is 14.9 Å². The van der Waals surface area contributed by atoms with Crippen molar-refractivity contribution in [3.05, 3.63) is 88.7 Å². The van der Waals surface area contributed by atoms with Crippen LogP contribution in [0.15, 0.2) is 73.2 Å². The lowest BCUT2D eigenvalue weighted by Crippen LogP contribution is -2.48. The largest absolute Gasteiger partial charge is 0.484 e. The summed E-state index contributed by atoms with van der Waals surface area (Å²) in [7, 11) is 0. The molecule has 214 valence electrons. The smallest absolute Gasteiger partial charge is 0.407 e. The van der Waals surface area contributed by atoms with Gasteiger partial charge in [0, 0.05) is 54.6 Å². The van der Waals surface area contributed by atoms with Crippen molar-refractivity contribution >= 4 is 51.8 Å². The Labute approximate surface area is 250 Å². The Kier molecular flexibility index (Phi) is 7.44. The molecule has 6 rings (SSSR count). The number of thiophene rings is 1. The van der Waals surface area contributed by atoms with Gasteiger partial charge in [-0.1, -0.05) is 35.9 Å². The van der Waals surface area contributed by atoms with Gasteiger partial charge in [-0.2, -0.15) is 0 Å². The molecule has 0 saturated carbocycles. The van der Waals surface area contributed by atoms with Gasteiger partial charge in [0.15, 0.2) is 0 Å². The minimum absolute atomic E-state index is 0.318. The summed E-state index contributed by atoms with van der Waals surface area (Å²) < 4.78 is 8.07. The van der Waals surface area contributed by atoms with Crippen LogP contribution in [0.25, 0.3) is 27.2 Å². The molecule has 1 aliphatic rings. The van der Waals surface area contributed by atoms with E-state index in [9.17, 15) is 14.7 Å². The number of primary amides is 1. The molecule has 0 radical (unpaired) electrons. The minimum Gasteiger partial charge on any atom is -0.484 e. The predicted molar refractivity (Wildman–Crippen MR) is 163 cm³/mol. The van der Waals surface area contributed by atoms with Crippen LogP contribution in [0, 0.1) is 0 Å². The molecule has 5 aromatic rings. The van der Waals surface area contributed by atoms with Crippen LogP contribution in [0.3, 0.4) is 0 Å². The van der Waals surface area contributed by atoms with Crippen molar-refractivity contribution in [2.24, 2.45) is 5.73 Å². The van der Waals surface area contributed by atoms with E-state index in [1.807, 2.05) is 66.2 Å². The van der Waals surface area contributed by atoms with Crippen molar-refractivity contribution in [3.8, 4) is 21.9 Å². The number of aromatic nitrogens is 3. The SMILES string of the molecule is C[C@@H](Oc1cc(-n2cnc3cc(-c4ccc(N5CCN(C(=O)O)CC5)nc4)ccc32)sc1C(N)=O)c1ccccc1Cl. The van der Waals surface area contributed by atoms with Gasteiger partial charge in [-0.15, -0.1) is 11.3 Å². The first-order chi connectivity index (χ1) is 20.3. The maximum absolute atomic E-state index is 12.3. The van der Waals surface area contributed by atoms with Crippen molar-refractivity contribution < 1.29 is 19.4 Å². The van der Waals surface area contributed by atoms with Crippen molar-refractivity contribution in [2.75, 3.05) is 31.1 Å². The van der Waals surface area contributed by atoms with Crippen LogP contribution < -0.4 is 15.4 Å². The van der Waals surface area contributed by atoms with Gasteiger partial charge in [0.05, 0.1) is 11.0 Å². The molecule has 1 aliphatic heterocycles. The zero-order valence-corrected chi connectivity index (χ0v) is 24.2. The first-order valence-electron chi connectivity index (χ1n) is 13.3. The summed E-state index contributed by atoms with van der Waals surface area (Å²) in [6.45, 7) is 3.99. The highest BCUT2D eigenvalue weighted by Gasteiger charge is 2.22. The molecule has 10 nitrogen and oxygen atoms in total. The van der Waals surface area contributed by atoms with Gasteiger partial charge in [-0.3, -0.25) is 9.36 Å². The first-order valence-corrected chi connectivity index (χ1v) is 14.5. The number of pyridine rings is 1. The molecule has 1 saturated heterocycles. The van der Waals surface area contributed by atoms with E-state index in [1.54, 1.807) is 18.5 Å². The maximum atomic E-state index is 12.3. The van der Waals surface area contributed by atoms with Crippen LogP contribution in [-0.2, 0) is 0 Å². The molecule has 3 aromatic heterocycles. The molecule has 0 spiro atoms. The predicted octanol–water partition coefficient (Wildman–Crippen LogP) is 5.84. The molecule has 0 unspecified atom stereocenters. The third-order valence-corrected chi connectivity index (χ3v) is 8.77. The van der Waals surface area contributed by atoms with Crippen LogP contribution >= 0.6 is 22.9 Å². The lowest BCUT2D eigenvalue weighted by atomic mass is 10.1. The molecular weight excluding hydrogens is 576 g/mol. The second kappa shape index (κ2) is 11.3. The van der Waals surface area contributed by atoms with Gasteiger partial charge in [0.1, 0.15) is 33.9 Å². The number of hydrogen-bond acceptors (Lipinski definition) is 7. The lowest BCUT2D eigenvalue weighted by molar-refractivity contribution is 0.0998. The number of hydrogen-bond donors (Lipinski definition) is 2. The average Bonchev–Trinajstić information content (AvgIpc) is 3.61. The number of amides is 2. The van der Waals surface area contributed by atoms with E-state index >= 15 is 0 Å². The van der Waals surface area contributed by atoms with Gasteiger partial charge in [0.2, 0.25) is 0 Å². The normalized spacial score (nSPS) is 14.2. The number of imidazole rings is 1. The number of carbonyl (C=O) groups is 2. The van der Waals surface area contributed by atoms with Gasteiger partial charge in [-0.05, 0) is 42.8 Å². The highest BCUT2D eigenvalue weighted by molar-refractivity contribution is 7.16. The lowest BCUT2D eigenvalue weighted by Gasteiger charge is -2.33. The Balaban J connectivity index is 1.23. The van der Waals surface area contributed by atoms with Crippen LogP contribution in [0.4, 0.5) is 10.6 Å². The third-order valence-electron chi connectivity index (χ3n) is 7.30. The first kappa shape index (κ1) is 27.6.